The SMILES string of the molecule is CC(C)(C)CC(C)(C)NC(=O)N1CCN(c2ccc(NC(=O)CCCc3ccccc3)cc2)CC1. The molecule has 0 bridgehead atoms. The number of benzene rings is 2. The second-order valence-electron chi connectivity index (χ2n) is 11.5. The van der Waals surface area contributed by atoms with Gasteiger partial charge in [0.15, 0.2) is 0 Å². The Morgan fingerprint density at radius 2 is 1.49 bits per heavy atom. The van der Waals surface area contributed by atoms with Crippen molar-refractivity contribution in [2.45, 2.75) is 65.8 Å². The number of carbonyl (C=O) groups is 2. The summed E-state index contributed by atoms with van der Waals surface area (Å²) in [6, 6.07) is 18.3. The first-order chi connectivity index (χ1) is 16.5. The number of anilines is 2. The quantitative estimate of drug-likeness (QED) is 0.512. The molecule has 3 amide bonds. The minimum Gasteiger partial charge on any atom is -0.368 e. The molecule has 2 aromatic rings. The van der Waals surface area contributed by atoms with Crippen LogP contribution in [0.4, 0.5) is 16.2 Å². The van der Waals surface area contributed by atoms with Gasteiger partial charge in [-0.2, -0.15) is 0 Å². The van der Waals surface area contributed by atoms with Gasteiger partial charge in [0.25, 0.3) is 0 Å². The number of nitrogens with zero attached hydrogens (tertiary/aromatic N) is 2. The third kappa shape index (κ3) is 8.93. The van der Waals surface area contributed by atoms with Gasteiger partial charge in [-0.3, -0.25) is 4.79 Å². The maximum atomic E-state index is 12.8. The summed E-state index contributed by atoms with van der Waals surface area (Å²) in [6.07, 6.45) is 3.17. The average Bonchev–Trinajstić information content (AvgIpc) is 2.78. The maximum absolute atomic E-state index is 12.8. The zero-order chi connectivity index (χ0) is 25.5. The fraction of sp³-hybridized carbons (Fsp3) is 0.517. The predicted molar refractivity (Wildman–Crippen MR) is 145 cm³/mol. The van der Waals surface area contributed by atoms with E-state index in [0.29, 0.717) is 19.5 Å². The first kappa shape index (κ1) is 26.6. The van der Waals surface area contributed by atoms with Gasteiger partial charge in [0.1, 0.15) is 0 Å². The molecule has 0 atom stereocenters. The van der Waals surface area contributed by atoms with Crippen molar-refractivity contribution in [2.24, 2.45) is 5.41 Å². The molecule has 2 aromatic carbocycles. The highest BCUT2D eigenvalue weighted by Crippen LogP contribution is 2.27. The molecule has 1 fully saturated rings. The first-order valence-electron chi connectivity index (χ1n) is 12.8. The van der Waals surface area contributed by atoms with Crippen LogP contribution in [0.1, 0.15) is 59.4 Å². The molecule has 3 rings (SSSR count). The molecule has 1 aliphatic heterocycles. The molecular weight excluding hydrogens is 436 g/mol. The van der Waals surface area contributed by atoms with Crippen LogP contribution in [0.25, 0.3) is 0 Å². The van der Waals surface area contributed by atoms with Crippen LogP contribution in [0.15, 0.2) is 54.6 Å². The van der Waals surface area contributed by atoms with Gasteiger partial charge in [0.05, 0.1) is 0 Å². The minimum atomic E-state index is -0.242. The lowest BCUT2D eigenvalue weighted by molar-refractivity contribution is -0.116. The number of aryl methyl sites for hydroxylation is 1. The van der Waals surface area contributed by atoms with Crippen LogP contribution in [-0.2, 0) is 11.2 Å². The smallest absolute Gasteiger partial charge is 0.317 e. The highest BCUT2D eigenvalue weighted by Gasteiger charge is 2.30. The van der Waals surface area contributed by atoms with Gasteiger partial charge in [-0.05, 0) is 68.4 Å². The monoisotopic (exact) mass is 478 g/mol. The topological polar surface area (TPSA) is 64.7 Å². The van der Waals surface area contributed by atoms with E-state index in [1.165, 1.54) is 5.56 Å². The van der Waals surface area contributed by atoms with E-state index >= 15 is 0 Å². The number of rotatable bonds is 8. The lowest BCUT2D eigenvalue weighted by Crippen LogP contribution is -2.56. The molecular formula is C29H42N4O2. The first-order valence-corrected chi connectivity index (χ1v) is 12.8. The summed E-state index contributed by atoms with van der Waals surface area (Å²) in [5.41, 5.74) is 3.10. The molecule has 35 heavy (non-hydrogen) atoms. The Morgan fingerprint density at radius 1 is 0.857 bits per heavy atom. The fourth-order valence-electron chi connectivity index (χ4n) is 4.98. The number of carbonyl (C=O) groups excluding carboxylic acids is 2. The van der Waals surface area contributed by atoms with Crippen molar-refractivity contribution in [3.8, 4) is 0 Å². The molecule has 1 aliphatic rings. The molecule has 6 heteroatoms. The van der Waals surface area contributed by atoms with E-state index in [-0.39, 0.29) is 22.9 Å². The summed E-state index contributed by atoms with van der Waals surface area (Å²) in [7, 11) is 0. The van der Waals surface area contributed by atoms with Crippen molar-refractivity contribution in [1.82, 2.24) is 10.2 Å². The zero-order valence-electron chi connectivity index (χ0n) is 22.1. The summed E-state index contributed by atoms with van der Waals surface area (Å²) in [5.74, 6) is 0.0442. The van der Waals surface area contributed by atoms with E-state index in [9.17, 15) is 9.59 Å². The van der Waals surface area contributed by atoms with Crippen LogP contribution in [0.5, 0.6) is 0 Å². The lowest BCUT2D eigenvalue weighted by Gasteiger charge is -2.39. The minimum absolute atomic E-state index is 0.0178. The average molecular weight is 479 g/mol. The van der Waals surface area contributed by atoms with Crippen LogP contribution in [-0.4, -0.2) is 48.6 Å². The van der Waals surface area contributed by atoms with E-state index in [0.717, 1.165) is 43.7 Å². The normalized spacial score (nSPS) is 14.5. The third-order valence-corrected chi connectivity index (χ3v) is 6.21. The van der Waals surface area contributed by atoms with E-state index in [2.05, 4.69) is 62.3 Å². The van der Waals surface area contributed by atoms with Gasteiger partial charge in [0.2, 0.25) is 5.91 Å². The number of nitrogens with one attached hydrogen (secondary N) is 2. The van der Waals surface area contributed by atoms with Crippen molar-refractivity contribution in [3.05, 3.63) is 60.2 Å². The van der Waals surface area contributed by atoms with Crippen molar-refractivity contribution in [2.75, 3.05) is 36.4 Å². The largest absolute Gasteiger partial charge is 0.368 e. The van der Waals surface area contributed by atoms with Gasteiger partial charge < -0.3 is 20.4 Å². The van der Waals surface area contributed by atoms with Gasteiger partial charge in [-0.25, -0.2) is 4.79 Å². The molecule has 0 saturated carbocycles. The Morgan fingerprint density at radius 3 is 2.09 bits per heavy atom. The van der Waals surface area contributed by atoms with Crippen LogP contribution in [0, 0.1) is 5.41 Å². The Bertz CT molecular complexity index is 956. The maximum Gasteiger partial charge on any atom is 0.317 e. The Kier molecular flexibility index (Phi) is 8.82. The Hall–Kier alpha value is -3.02. The molecule has 0 aromatic heterocycles. The zero-order valence-corrected chi connectivity index (χ0v) is 22.1. The molecule has 0 spiro atoms. The van der Waals surface area contributed by atoms with Crippen LogP contribution >= 0.6 is 0 Å². The number of hydrogen-bond acceptors (Lipinski definition) is 3. The van der Waals surface area contributed by atoms with Gasteiger partial charge >= 0.3 is 6.03 Å². The summed E-state index contributed by atoms with van der Waals surface area (Å²) in [4.78, 5) is 29.3. The third-order valence-electron chi connectivity index (χ3n) is 6.21. The molecule has 0 aliphatic carbocycles. The standard InChI is InChI=1S/C29H42N4O2/c1-28(2,3)22-29(4,5)31-27(35)33-20-18-32(19-21-33)25-16-14-24(15-17-25)30-26(34)13-9-12-23-10-7-6-8-11-23/h6-8,10-11,14-17H,9,12-13,18-22H2,1-5H3,(H,30,34)(H,31,35). The second-order valence-corrected chi connectivity index (χ2v) is 11.5. The summed E-state index contributed by atoms with van der Waals surface area (Å²) >= 11 is 0. The van der Waals surface area contributed by atoms with Crippen molar-refractivity contribution >= 4 is 23.3 Å². The predicted octanol–water partition coefficient (Wildman–Crippen LogP) is 5.69. The highest BCUT2D eigenvalue weighted by molar-refractivity contribution is 5.90. The molecule has 6 nitrogen and oxygen atoms in total. The van der Waals surface area contributed by atoms with E-state index in [1.54, 1.807) is 0 Å². The van der Waals surface area contributed by atoms with E-state index in [1.807, 2.05) is 47.4 Å². The van der Waals surface area contributed by atoms with Gasteiger partial charge in [0, 0.05) is 49.5 Å². The molecule has 0 radical (unpaired) electrons. The van der Waals surface area contributed by atoms with Crippen molar-refractivity contribution < 1.29 is 9.59 Å². The van der Waals surface area contributed by atoms with Gasteiger partial charge in [-0.15, -0.1) is 0 Å². The van der Waals surface area contributed by atoms with E-state index < -0.39 is 0 Å². The highest BCUT2D eigenvalue weighted by atomic mass is 16.2. The number of piperazine rings is 1. The van der Waals surface area contributed by atoms with Crippen LogP contribution in [0.2, 0.25) is 0 Å². The van der Waals surface area contributed by atoms with E-state index in [4.69, 9.17) is 0 Å². The molecule has 2 N–H and O–H groups in total. The summed E-state index contributed by atoms with van der Waals surface area (Å²) < 4.78 is 0. The fourth-order valence-corrected chi connectivity index (χ4v) is 4.98. The molecule has 190 valence electrons. The molecule has 1 saturated heterocycles. The summed E-state index contributed by atoms with van der Waals surface area (Å²) in [6.45, 7) is 13.7. The Labute approximate surface area is 211 Å². The Balaban J connectivity index is 1.41. The van der Waals surface area contributed by atoms with Crippen LogP contribution < -0.4 is 15.5 Å². The van der Waals surface area contributed by atoms with Crippen molar-refractivity contribution in [3.63, 3.8) is 0 Å². The lowest BCUT2D eigenvalue weighted by atomic mass is 9.82. The summed E-state index contributed by atoms with van der Waals surface area (Å²) in [5, 5.41) is 6.21. The molecule has 0 unspecified atom stereocenters. The molecule has 1 heterocycles. The van der Waals surface area contributed by atoms with Crippen molar-refractivity contribution in [1.29, 1.82) is 0 Å². The van der Waals surface area contributed by atoms with Gasteiger partial charge in [-0.1, -0.05) is 51.1 Å². The number of hydrogen-bond donors (Lipinski definition) is 2. The number of urea groups is 1. The van der Waals surface area contributed by atoms with Crippen LogP contribution in [0.3, 0.4) is 0 Å². The second kappa shape index (κ2) is 11.6. The number of amides is 3.